The van der Waals surface area contributed by atoms with E-state index in [0.29, 0.717) is 16.6 Å². The number of H-pyrrole nitrogens is 1. The van der Waals surface area contributed by atoms with Gasteiger partial charge in [-0.2, -0.15) is 9.78 Å². The minimum Gasteiger partial charge on any atom is -0.349 e. The summed E-state index contributed by atoms with van der Waals surface area (Å²) in [5, 5.41) is 4.93. The Morgan fingerprint density at radius 1 is 1.25 bits per heavy atom. The average molecular weight is 320 g/mol. The molecule has 2 heterocycles. The molecule has 6 heteroatoms. The van der Waals surface area contributed by atoms with Gasteiger partial charge < -0.3 is 4.98 Å². The Kier molecular flexibility index (Phi) is 3.23. The molecule has 4 rings (SSSR count). The van der Waals surface area contributed by atoms with Crippen LogP contribution in [0.1, 0.15) is 11.1 Å². The number of benzene rings is 2. The second kappa shape index (κ2) is 5.42. The summed E-state index contributed by atoms with van der Waals surface area (Å²) in [6, 6.07) is 12.1. The van der Waals surface area contributed by atoms with Crippen LogP contribution in [0.3, 0.4) is 0 Å². The number of nitrogens with zero attached hydrogens (tertiary/aromatic N) is 3. The third-order valence-corrected chi connectivity index (χ3v) is 3.87. The van der Waals surface area contributed by atoms with Crippen molar-refractivity contribution in [3.05, 3.63) is 76.1 Å². The van der Waals surface area contributed by atoms with Gasteiger partial charge in [0.1, 0.15) is 23.2 Å². The highest BCUT2D eigenvalue weighted by Gasteiger charge is 2.10. The SMILES string of the molecule is Cc1ccc2[nH]c3c(=O)n(/N=C\c4ccccc4F)cnc3c2c1. The van der Waals surface area contributed by atoms with E-state index < -0.39 is 5.82 Å². The lowest BCUT2D eigenvalue weighted by atomic mass is 10.2. The van der Waals surface area contributed by atoms with Gasteiger partial charge in [0.15, 0.2) is 0 Å². The Morgan fingerprint density at radius 3 is 2.92 bits per heavy atom. The predicted molar refractivity (Wildman–Crippen MR) is 92.0 cm³/mol. The van der Waals surface area contributed by atoms with E-state index in [0.717, 1.165) is 21.1 Å². The first kappa shape index (κ1) is 14.3. The van der Waals surface area contributed by atoms with Gasteiger partial charge in [0.2, 0.25) is 0 Å². The van der Waals surface area contributed by atoms with Gasteiger partial charge in [0.25, 0.3) is 5.56 Å². The number of rotatable bonds is 2. The molecule has 2 aromatic carbocycles. The van der Waals surface area contributed by atoms with Gasteiger partial charge in [-0.15, -0.1) is 0 Å². The summed E-state index contributed by atoms with van der Waals surface area (Å²) in [5.41, 5.74) is 2.89. The number of fused-ring (bicyclic) bond motifs is 3. The molecule has 0 radical (unpaired) electrons. The highest BCUT2D eigenvalue weighted by molar-refractivity contribution is 6.04. The summed E-state index contributed by atoms with van der Waals surface area (Å²) in [6.07, 6.45) is 2.65. The number of hydrogen-bond acceptors (Lipinski definition) is 3. The van der Waals surface area contributed by atoms with Crippen molar-refractivity contribution >= 4 is 28.2 Å². The summed E-state index contributed by atoms with van der Waals surface area (Å²) >= 11 is 0. The van der Waals surface area contributed by atoms with Crippen molar-refractivity contribution in [2.24, 2.45) is 5.10 Å². The van der Waals surface area contributed by atoms with E-state index in [1.165, 1.54) is 18.6 Å². The zero-order valence-electron chi connectivity index (χ0n) is 12.8. The van der Waals surface area contributed by atoms with Crippen molar-refractivity contribution in [3.8, 4) is 0 Å². The fourth-order valence-electron chi connectivity index (χ4n) is 2.65. The fourth-order valence-corrected chi connectivity index (χ4v) is 2.65. The summed E-state index contributed by atoms with van der Waals surface area (Å²) in [5.74, 6) is -0.399. The van der Waals surface area contributed by atoms with E-state index in [2.05, 4.69) is 15.1 Å². The maximum absolute atomic E-state index is 13.6. The molecule has 0 aliphatic heterocycles. The van der Waals surface area contributed by atoms with Gasteiger partial charge in [0, 0.05) is 16.5 Å². The number of halogens is 1. The molecule has 24 heavy (non-hydrogen) atoms. The molecule has 4 aromatic rings. The predicted octanol–water partition coefficient (Wildman–Crippen LogP) is 3.21. The molecular formula is C18H13FN4O. The van der Waals surface area contributed by atoms with Gasteiger partial charge in [-0.05, 0) is 25.1 Å². The van der Waals surface area contributed by atoms with Gasteiger partial charge in [-0.25, -0.2) is 9.37 Å². The maximum Gasteiger partial charge on any atom is 0.298 e. The molecule has 0 saturated carbocycles. The number of aromatic nitrogens is 3. The van der Waals surface area contributed by atoms with Crippen molar-refractivity contribution < 1.29 is 4.39 Å². The quantitative estimate of drug-likeness (QED) is 0.576. The topological polar surface area (TPSA) is 63.0 Å². The summed E-state index contributed by atoms with van der Waals surface area (Å²) in [4.78, 5) is 20.0. The minimum atomic E-state index is -0.399. The lowest BCUT2D eigenvalue weighted by Gasteiger charge is -1.98. The summed E-state index contributed by atoms with van der Waals surface area (Å²) in [7, 11) is 0. The zero-order chi connectivity index (χ0) is 16.7. The third-order valence-electron chi connectivity index (χ3n) is 3.87. The molecule has 0 saturated heterocycles. The smallest absolute Gasteiger partial charge is 0.298 e. The Hall–Kier alpha value is -3.28. The number of hydrogen-bond donors (Lipinski definition) is 1. The summed E-state index contributed by atoms with van der Waals surface area (Å²) < 4.78 is 14.7. The number of aromatic amines is 1. The number of aryl methyl sites for hydroxylation is 1. The van der Waals surface area contributed by atoms with E-state index in [4.69, 9.17) is 0 Å². The molecule has 0 unspecified atom stereocenters. The standard InChI is InChI=1S/C18H13FN4O/c1-11-6-7-15-13(8-11)16-17(22-15)18(24)23(10-20-16)21-9-12-4-2-3-5-14(12)19/h2-10,22H,1H3/b21-9-. The van der Waals surface area contributed by atoms with Crippen LogP contribution in [0.15, 0.2) is 58.7 Å². The Morgan fingerprint density at radius 2 is 2.08 bits per heavy atom. The summed E-state index contributed by atoms with van der Waals surface area (Å²) in [6.45, 7) is 1.98. The molecule has 1 N–H and O–H groups in total. The second-order valence-electron chi connectivity index (χ2n) is 5.56. The van der Waals surface area contributed by atoms with E-state index in [9.17, 15) is 9.18 Å². The van der Waals surface area contributed by atoms with Crippen LogP contribution in [0.5, 0.6) is 0 Å². The molecule has 0 aliphatic carbocycles. The van der Waals surface area contributed by atoms with Crippen LogP contribution in [0.4, 0.5) is 4.39 Å². The van der Waals surface area contributed by atoms with Crippen LogP contribution in [0, 0.1) is 12.7 Å². The largest absolute Gasteiger partial charge is 0.349 e. The Labute approximate surface area is 136 Å². The molecule has 2 aromatic heterocycles. The van der Waals surface area contributed by atoms with E-state index in [-0.39, 0.29) is 5.56 Å². The Balaban J connectivity index is 1.86. The van der Waals surface area contributed by atoms with Crippen LogP contribution in [-0.2, 0) is 0 Å². The van der Waals surface area contributed by atoms with Gasteiger partial charge >= 0.3 is 0 Å². The lowest BCUT2D eigenvalue weighted by molar-refractivity contribution is 0.625. The average Bonchev–Trinajstić information content (AvgIpc) is 2.94. The first-order chi connectivity index (χ1) is 11.6. The van der Waals surface area contributed by atoms with E-state index in [1.54, 1.807) is 18.2 Å². The van der Waals surface area contributed by atoms with Gasteiger partial charge in [-0.1, -0.05) is 29.8 Å². The second-order valence-corrected chi connectivity index (χ2v) is 5.56. The lowest BCUT2D eigenvalue weighted by Crippen LogP contribution is -2.17. The molecule has 0 aliphatic rings. The number of nitrogens with one attached hydrogen (secondary N) is 1. The van der Waals surface area contributed by atoms with Crippen molar-refractivity contribution in [2.75, 3.05) is 0 Å². The van der Waals surface area contributed by atoms with Gasteiger partial charge in [0.05, 0.1) is 6.21 Å². The maximum atomic E-state index is 13.6. The first-order valence-corrected chi connectivity index (χ1v) is 7.42. The van der Waals surface area contributed by atoms with Crippen LogP contribution in [-0.4, -0.2) is 20.9 Å². The van der Waals surface area contributed by atoms with E-state index in [1.807, 2.05) is 25.1 Å². The highest BCUT2D eigenvalue weighted by Crippen LogP contribution is 2.22. The van der Waals surface area contributed by atoms with Crippen molar-refractivity contribution in [1.29, 1.82) is 0 Å². The molecule has 118 valence electrons. The molecule has 0 amide bonds. The monoisotopic (exact) mass is 320 g/mol. The van der Waals surface area contributed by atoms with Crippen molar-refractivity contribution in [3.63, 3.8) is 0 Å². The third kappa shape index (κ3) is 2.28. The minimum absolute atomic E-state index is 0.303. The van der Waals surface area contributed by atoms with Crippen LogP contribution >= 0.6 is 0 Å². The normalized spacial score (nSPS) is 11.8. The molecule has 0 spiro atoms. The first-order valence-electron chi connectivity index (χ1n) is 7.42. The molecule has 5 nitrogen and oxygen atoms in total. The van der Waals surface area contributed by atoms with Gasteiger partial charge in [-0.3, -0.25) is 4.79 Å². The van der Waals surface area contributed by atoms with Crippen LogP contribution in [0.25, 0.3) is 21.9 Å². The van der Waals surface area contributed by atoms with E-state index >= 15 is 0 Å². The van der Waals surface area contributed by atoms with Crippen LogP contribution in [0.2, 0.25) is 0 Å². The molecule has 0 atom stereocenters. The zero-order valence-corrected chi connectivity index (χ0v) is 12.8. The van der Waals surface area contributed by atoms with Crippen molar-refractivity contribution in [1.82, 2.24) is 14.6 Å². The molecule has 0 fully saturated rings. The van der Waals surface area contributed by atoms with Crippen molar-refractivity contribution in [2.45, 2.75) is 6.92 Å². The Bertz CT molecular complexity index is 1160. The molecular weight excluding hydrogens is 307 g/mol. The molecule has 0 bridgehead atoms. The van der Waals surface area contributed by atoms with Crippen LogP contribution < -0.4 is 5.56 Å². The highest BCUT2D eigenvalue weighted by atomic mass is 19.1. The fraction of sp³-hybridized carbons (Fsp3) is 0.0556.